The molecule has 9 rings (SSSR count). The summed E-state index contributed by atoms with van der Waals surface area (Å²) in [6.07, 6.45) is 1.60. The molecule has 6 nitrogen and oxygen atoms in total. The van der Waals surface area contributed by atoms with Gasteiger partial charge < -0.3 is 28.7 Å². The number of para-hydroxylation sites is 2. The minimum absolute atomic E-state index is 0.0472. The van der Waals surface area contributed by atoms with Crippen molar-refractivity contribution in [1.29, 1.82) is 0 Å². The molecule has 2 unspecified atom stereocenters. The molecule has 1 aliphatic carbocycles. The van der Waals surface area contributed by atoms with E-state index in [9.17, 15) is 0 Å². The molecule has 2 aromatic carbocycles. The number of benzene rings is 2. The fourth-order valence-corrected chi connectivity index (χ4v) is 7.26. The van der Waals surface area contributed by atoms with Gasteiger partial charge in [0.1, 0.15) is 12.5 Å². The third-order valence-electron chi connectivity index (χ3n) is 8.14. The van der Waals surface area contributed by atoms with Crippen molar-refractivity contribution in [1.82, 2.24) is 0 Å². The highest BCUT2D eigenvalue weighted by molar-refractivity contribution is 5.57. The third-order valence-corrected chi connectivity index (χ3v) is 8.14. The first-order valence-electron chi connectivity index (χ1n) is 10.9. The van der Waals surface area contributed by atoms with E-state index in [0.717, 1.165) is 24.2 Å². The fourth-order valence-electron chi connectivity index (χ4n) is 7.26. The van der Waals surface area contributed by atoms with Crippen molar-refractivity contribution < 1.29 is 18.9 Å². The first-order chi connectivity index (χ1) is 14.7. The molecule has 0 amide bonds. The van der Waals surface area contributed by atoms with Crippen molar-refractivity contribution in [3.8, 4) is 0 Å². The maximum atomic E-state index is 6.86. The molecule has 1 saturated carbocycles. The molecule has 6 aliphatic heterocycles. The van der Waals surface area contributed by atoms with Crippen LogP contribution in [0.2, 0.25) is 0 Å². The molecule has 0 radical (unpaired) electrons. The van der Waals surface area contributed by atoms with E-state index in [-0.39, 0.29) is 36.4 Å². The summed E-state index contributed by atoms with van der Waals surface area (Å²) in [4.78, 5) is 4.79. The van der Waals surface area contributed by atoms with Gasteiger partial charge in [-0.2, -0.15) is 0 Å². The lowest BCUT2D eigenvalue weighted by Gasteiger charge is -2.79. The maximum Gasteiger partial charge on any atom is 0.196 e. The van der Waals surface area contributed by atoms with Crippen molar-refractivity contribution in [2.24, 2.45) is 11.8 Å². The molecule has 7 aliphatic rings. The first kappa shape index (κ1) is 17.5. The van der Waals surface area contributed by atoms with Gasteiger partial charge in [-0.05, 0) is 24.3 Å². The largest absolute Gasteiger partial charge is 0.351 e. The normalized spacial score (nSPS) is 44.9. The molecule has 6 heteroatoms. The number of piperidine rings is 2. The van der Waals surface area contributed by atoms with Gasteiger partial charge in [-0.25, -0.2) is 0 Å². The predicted octanol–water partition coefficient (Wildman–Crippen LogP) is 3.19. The monoisotopic (exact) mass is 406 g/mol. The molecule has 0 N–H and O–H groups in total. The molecule has 6 heterocycles. The predicted molar refractivity (Wildman–Crippen MR) is 111 cm³/mol. The molecule has 8 atom stereocenters. The van der Waals surface area contributed by atoms with Gasteiger partial charge in [0.15, 0.2) is 11.6 Å². The van der Waals surface area contributed by atoms with Crippen LogP contribution in [0.15, 0.2) is 60.7 Å². The van der Waals surface area contributed by atoms with E-state index in [0.29, 0.717) is 0 Å². The van der Waals surface area contributed by atoms with E-state index in [1.165, 1.54) is 0 Å². The zero-order valence-electron chi connectivity index (χ0n) is 17.2. The molecule has 0 aromatic heterocycles. The van der Waals surface area contributed by atoms with E-state index < -0.39 is 11.6 Å². The number of nitrogens with zero attached hydrogens (tertiary/aromatic N) is 2. The summed E-state index contributed by atoms with van der Waals surface area (Å²) in [7, 11) is 3.61. The summed E-state index contributed by atoms with van der Waals surface area (Å²) in [6, 6.07) is 21.2. The van der Waals surface area contributed by atoms with Crippen molar-refractivity contribution >= 4 is 11.4 Å². The lowest BCUT2D eigenvalue weighted by atomic mass is 9.55. The zero-order valence-corrected chi connectivity index (χ0v) is 17.2. The Morgan fingerprint density at radius 3 is 1.47 bits per heavy atom. The number of methoxy groups -OCH3 is 2. The molecule has 7 fully saturated rings. The molecular weight excluding hydrogens is 380 g/mol. The van der Waals surface area contributed by atoms with Crippen LogP contribution in [0.1, 0.15) is 12.8 Å². The van der Waals surface area contributed by atoms with Gasteiger partial charge in [0.05, 0.1) is 12.1 Å². The molecule has 8 bridgehead atoms. The average Bonchev–Trinajstić information content (AvgIpc) is 2.82. The van der Waals surface area contributed by atoms with Crippen LogP contribution in [0.3, 0.4) is 0 Å². The van der Waals surface area contributed by atoms with Gasteiger partial charge in [0.25, 0.3) is 0 Å². The quantitative estimate of drug-likeness (QED) is 0.777. The van der Waals surface area contributed by atoms with Crippen LogP contribution in [-0.4, -0.2) is 50.3 Å². The van der Waals surface area contributed by atoms with Crippen LogP contribution in [0.4, 0.5) is 11.4 Å². The lowest BCUT2D eigenvalue weighted by molar-refractivity contribution is -0.472. The van der Waals surface area contributed by atoms with Gasteiger partial charge in [0.2, 0.25) is 0 Å². The second-order valence-corrected chi connectivity index (χ2v) is 9.06. The molecule has 6 saturated heterocycles. The summed E-state index contributed by atoms with van der Waals surface area (Å²) in [5, 5.41) is 0. The van der Waals surface area contributed by atoms with Gasteiger partial charge in [-0.3, -0.25) is 0 Å². The van der Waals surface area contributed by atoms with E-state index in [1.807, 2.05) is 0 Å². The molecule has 0 spiro atoms. The third kappa shape index (κ3) is 1.82. The van der Waals surface area contributed by atoms with E-state index in [4.69, 9.17) is 18.9 Å². The van der Waals surface area contributed by atoms with Crippen molar-refractivity contribution in [2.45, 2.75) is 49.0 Å². The SMILES string of the molecule is COC12O[C@H]3C[C@@H]4[C@@H]1N(c1ccccc1)[C@H]1C[C@H]2[C@@H](N3c2ccccc2)C4(OC)O1. The van der Waals surface area contributed by atoms with Gasteiger partial charge >= 0.3 is 0 Å². The maximum absolute atomic E-state index is 6.86. The second-order valence-electron chi connectivity index (χ2n) is 9.06. The fraction of sp³-hybridized carbons (Fsp3) is 0.500. The molecule has 2 aromatic rings. The molecule has 30 heavy (non-hydrogen) atoms. The number of hydrogen-bond donors (Lipinski definition) is 0. The lowest BCUT2D eigenvalue weighted by Crippen LogP contribution is -2.94. The van der Waals surface area contributed by atoms with Crippen LogP contribution in [0, 0.1) is 11.8 Å². The highest BCUT2D eigenvalue weighted by atomic mass is 16.7. The van der Waals surface area contributed by atoms with E-state index in [1.54, 1.807) is 14.2 Å². The van der Waals surface area contributed by atoms with Crippen LogP contribution >= 0.6 is 0 Å². The Labute approximate surface area is 176 Å². The summed E-state index contributed by atoms with van der Waals surface area (Å²) in [6.45, 7) is 0. The Morgan fingerprint density at radius 1 is 0.700 bits per heavy atom. The highest BCUT2D eigenvalue weighted by Gasteiger charge is 2.83. The Balaban J connectivity index is 1.41. The van der Waals surface area contributed by atoms with Crippen molar-refractivity contribution in [3.63, 3.8) is 0 Å². The minimum Gasteiger partial charge on any atom is -0.351 e. The number of anilines is 2. The topological polar surface area (TPSA) is 43.4 Å². The van der Waals surface area contributed by atoms with Gasteiger partial charge in [-0.1, -0.05) is 36.4 Å². The van der Waals surface area contributed by atoms with Gasteiger partial charge in [0, 0.05) is 50.3 Å². The van der Waals surface area contributed by atoms with Gasteiger partial charge in [-0.15, -0.1) is 0 Å². The summed E-state index contributed by atoms with van der Waals surface area (Å²) in [5.74, 6) is -0.970. The summed E-state index contributed by atoms with van der Waals surface area (Å²) < 4.78 is 26.3. The number of ether oxygens (including phenoxy) is 4. The number of hydrogen-bond acceptors (Lipinski definition) is 6. The van der Waals surface area contributed by atoms with E-state index >= 15 is 0 Å². The average molecular weight is 406 g/mol. The summed E-state index contributed by atoms with van der Waals surface area (Å²) in [5.41, 5.74) is 2.31. The first-order valence-corrected chi connectivity index (χ1v) is 10.9. The molecule has 156 valence electrons. The minimum atomic E-state index is -0.651. The Kier molecular flexibility index (Phi) is 3.37. The number of rotatable bonds is 4. The molecular formula is C24H26N2O4. The van der Waals surface area contributed by atoms with Crippen LogP contribution in [0.5, 0.6) is 0 Å². The zero-order chi connectivity index (χ0) is 20.1. The van der Waals surface area contributed by atoms with Crippen LogP contribution in [-0.2, 0) is 18.9 Å². The second kappa shape index (κ2) is 5.77. The highest BCUT2D eigenvalue weighted by Crippen LogP contribution is 2.68. The standard InChI is InChI=1S/C24H26N2O4/c1-27-23-17-13-20-25(15-9-5-3-6-10-15)21(23)18-14-19(29-23)26(16-11-7-4-8-12-16)22(17)24(18,28-2)30-20/h3-12,17-22H,13-14H2,1-2H3/t17-,18+,19-,20+,21-,22+,23?,24?. The van der Waals surface area contributed by atoms with E-state index in [2.05, 4.69) is 70.5 Å². The van der Waals surface area contributed by atoms with Crippen LogP contribution in [0.25, 0.3) is 0 Å². The Bertz CT molecular complexity index is 894. The smallest absolute Gasteiger partial charge is 0.196 e. The van der Waals surface area contributed by atoms with Crippen molar-refractivity contribution in [2.75, 3.05) is 24.0 Å². The van der Waals surface area contributed by atoms with Crippen LogP contribution < -0.4 is 9.80 Å². The Hall–Kier alpha value is -2.12. The summed E-state index contributed by atoms with van der Waals surface area (Å²) >= 11 is 0. The van der Waals surface area contributed by atoms with Crippen molar-refractivity contribution in [3.05, 3.63) is 60.7 Å². The Morgan fingerprint density at radius 2 is 1.10 bits per heavy atom.